The summed E-state index contributed by atoms with van der Waals surface area (Å²) in [4.78, 5) is 5.01. The molecule has 1 aromatic heterocycles. The van der Waals surface area contributed by atoms with Gasteiger partial charge in [0.05, 0.1) is 16.3 Å². The van der Waals surface area contributed by atoms with Gasteiger partial charge in [0.15, 0.2) is 0 Å². The average molecular weight is 387 g/mol. The lowest BCUT2D eigenvalue weighted by atomic mass is 9.99. The van der Waals surface area contributed by atoms with Crippen molar-refractivity contribution in [3.8, 4) is 0 Å². The lowest BCUT2D eigenvalue weighted by Crippen LogP contribution is -2.22. The molecule has 1 heterocycles. The molecular formula is C21H26N2O3S. The molecule has 1 aliphatic carbocycles. The number of pyridine rings is 1. The van der Waals surface area contributed by atoms with E-state index in [-0.39, 0.29) is 4.90 Å². The van der Waals surface area contributed by atoms with Gasteiger partial charge in [0.2, 0.25) is 10.0 Å². The van der Waals surface area contributed by atoms with E-state index in [1.54, 1.807) is 26.0 Å². The lowest BCUT2D eigenvalue weighted by Gasteiger charge is -2.18. The summed E-state index contributed by atoms with van der Waals surface area (Å²) in [5.41, 5.74) is 5.22. The van der Waals surface area contributed by atoms with Gasteiger partial charge in [0.25, 0.3) is 0 Å². The van der Waals surface area contributed by atoms with Crippen molar-refractivity contribution in [1.82, 2.24) is 9.29 Å². The Bertz CT molecular complexity index is 999. The van der Waals surface area contributed by atoms with E-state index in [1.165, 1.54) is 29.5 Å². The first-order chi connectivity index (χ1) is 12.5. The van der Waals surface area contributed by atoms with Crippen LogP contribution in [0.5, 0.6) is 0 Å². The lowest BCUT2D eigenvalue weighted by molar-refractivity contribution is 0.0738. The highest BCUT2D eigenvalue weighted by molar-refractivity contribution is 7.89. The van der Waals surface area contributed by atoms with Crippen molar-refractivity contribution in [3.05, 3.63) is 64.5 Å². The molecule has 0 spiro atoms. The third-order valence-corrected chi connectivity index (χ3v) is 6.77. The van der Waals surface area contributed by atoms with Crippen LogP contribution in [0.15, 0.2) is 46.9 Å². The number of hydrogen-bond donors (Lipinski definition) is 1. The van der Waals surface area contributed by atoms with Gasteiger partial charge in [-0.25, -0.2) is 17.7 Å². The molecule has 5 nitrogen and oxygen atoms in total. The predicted molar refractivity (Wildman–Crippen MR) is 107 cm³/mol. The largest absolute Gasteiger partial charge is 0.384 e. The van der Waals surface area contributed by atoms with Crippen LogP contribution in [0, 0.1) is 0 Å². The van der Waals surface area contributed by atoms with Crippen molar-refractivity contribution >= 4 is 15.6 Å². The molecule has 0 radical (unpaired) electrons. The van der Waals surface area contributed by atoms with Gasteiger partial charge < -0.3 is 5.11 Å². The first-order valence-electron chi connectivity index (χ1n) is 8.93. The Kier molecular flexibility index (Phi) is 5.01. The van der Waals surface area contributed by atoms with Gasteiger partial charge in [-0.1, -0.05) is 23.8 Å². The van der Waals surface area contributed by atoms with Crippen LogP contribution >= 0.6 is 0 Å². The Labute approximate surface area is 161 Å². The molecule has 27 heavy (non-hydrogen) atoms. The summed E-state index contributed by atoms with van der Waals surface area (Å²) in [6, 6.07) is 10.9. The van der Waals surface area contributed by atoms with Gasteiger partial charge in [-0.2, -0.15) is 0 Å². The maximum Gasteiger partial charge on any atom is 0.242 e. The molecule has 1 aliphatic rings. The summed E-state index contributed by atoms with van der Waals surface area (Å²) in [5, 5.41) is 10.3. The van der Waals surface area contributed by atoms with Crippen LogP contribution in [0.1, 0.15) is 43.3 Å². The zero-order valence-electron chi connectivity index (χ0n) is 16.4. The third kappa shape index (κ3) is 3.83. The van der Waals surface area contributed by atoms with E-state index >= 15 is 0 Å². The number of allylic oxidation sites excluding steroid dienone is 2. The maximum atomic E-state index is 12.2. The minimum atomic E-state index is -3.42. The van der Waals surface area contributed by atoms with E-state index in [9.17, 15) is 13.5 Å². The number of aromatic nitrogens is 1. The van der Waals surface area contributed by atoms with Crippen molar-refractivity contribution in [3.63, 3.8) is 0 Å². The van der Waals surface area contributed by atoms with Crippen LogP contribution in [0.25, 0.3) is 5.57 Å². The Balaban J connectivity index is 1.91. The van der Waals surface area contributed by atoms with E-state index in [4.69, 9.17) is 4.98 Å². The number of aliphatic hydroxyl groups is 1. The number of benzene rings is 1. The molecule has 0 atom stereocenters. The molecule has 0 saturated carbocycles. The second-order valence-corrected chi connectivity index (χ2v) is 9.96. The van der Waals surface area contributed by atoms with Gasteiger partial charge in [-0.3, -0.25) is 0 Å². The molecule has 144 valence electrons. The summed E-state index contributed by atoms with van der Waals surface area (Å²) >= 11 is 0. The second kappa shape index (κ2) is 6.86. The zero-order valence-corrected chi connectivity index (χ0v) is 17.3. The Morgan fingerprint density at radius 3 is 2.30 bits per heavy atom. The van der Waals surface area contributed by atoms with Crippen molar-refractivity contribution in [1.29, 1.82) is 0 Å². The van der Waals surface area contributed by atoms with E-state index in [0.717, 1.165) is 23.3 Å². The number of fused-ring (bicyclic) bond motifs is 1. The van der Waals surface area contributed by atoms with E-state index in [1.807, 2.05) is 24.3 Å². The van der Waals surface area contributed by atoms with E-state index in [2.05, 4.69) is 6.92 Å². The molecule has 3 rings (SSSR count). The highest BCUT2D eigenvalue weighted by Gasteiger charge is 2.25. The Morgan fingerprint density at radius 2 is 1.74 bits per heavy atom. The zero-order chi connectivity index (χ0) is 20.0. The van der Waals surface area contributed by atoms with Gasteiger partial charge in [-0.05, 0) is 68.5 Å². The van der Waals surface area contributed by atoms with Crippen molar-refractivity contribution < 1.29 is 13.5 Å². The van der Waals surface area contributed by atoms with Crippen molar-refractivity contribution in [2.24, 2.45) is 0 Å². The number of sulfonamides is 1. The van der Waals surface area contributed by atoms with Crippen LogP contribution < -0.4 is 0 Å². The molecule has 1 aromatic carbocycles. The van der Waals surface area contributed by atoms with E-state index < -0.39 is 15.6 Å². The van der Waals surface area contributed by atoms with Gasteiger partial charge in [0.1, 0.15) is 5.60 Å². The highest BCUT2D eigenvalue weighted by atomic mass is 32.2. The molecule has 1 N–H and O–H groups in total. The predicted octanol–water partition coefficient (Wildman–Crippen LogP) is 3.13. The van der Waals surface area contributed by atoms with Crippen LogP contribution in [0.4, 0.5) is 0 Å². The van der Waals surface area contributed by atoms with Crippen LogP contribution in [-0.4, -0.2) is 36.9 Å². The monoisotopic (exact) mass is 386 g/mol. The highest BCUT2D eigenvalue weighted by Crippen LogP contribution is 2.35. The summed E-state index contributed by atoms with van der Waals surface area (Å²) in [5.74, 6) is 0. The molecule has 0 saturated heterocycles. The van der Waals surface area contributed by atoms with Crippen LogP contribution in [-0.2, 0) is 28.5 Å². The van der Waals surface area contributed by atoms with Crippen LogP contribution in [0.3, 0.4) is 0 Å². The van der Waals surface area contributed by atoms with Gasteiger partial charge in [0, 0.05) is 14.1 Å². The molecule has 2 aromatic rings. The van der Waals surface area contributed by atoms with E-state index in [0.29, 0.717) is 12.1 Å². The Morgan fingerprint density at radius 1 is 1.11 bits per heavy atom. The smallest absolute Gasteiger partial charge is 0.242 e. The summed E-state index contributed by atoms with van der Waals surface area (Å²) < 4.78 is 25.6. The molecule has 0 bridgehead atoms. The fourth-order valence-electron chi connectivity index (χ4n) is 3.26. The van der Waals surface area contributed by atoms with Crippen LogP contribution in [0.2, 0.25) is 0 Å². The second-order valence-electron chi connectivity index (χ2n) is 7.81. The molecule has 0 aliphatic heterocycles. The third-order valence-electron chi connectivity index (χ3n) is 4.95. The summed E-state index contributed by atoms with van der Waals surface area (Å²) in [7, 11) is -0.368. The topological polar surface area (TPSA) is 70.5 Å². The number of hydrogen-bond acceptors (Lipinski definition) is 4. The molecule has 0 fully saturated rings. The normalized spacial score (nSPS) is 14.8. The number of rotatable bonds is 5. The maximum absolute atomic E-state index is 12.2. The Hall–Kier alpha value is -2.02. The summed E-state index contributed by atoms with van der Waals surface area (Å²) in [6.45, 7) is 5.57. The molecular weight excluding hydrogens is 360 g/mol. The van der Waals surface area contributed by atoms with Crippen molar-refractivity contribution in [2.75, 3.05) is 14.1 Å². The molecule has 6 heteroatoms. The standard InChI is InChI=1S/C21H26N2O3S/c1-14-12-16-8-11-19(21(2,3)24)22-20(16)18(14)13-15-6-9-17(10-7-15)27(25,26)23(4)5/h6-11,24H,12-13H2,1-5H3. The first kappa shape index (κ1) is 19.7. The summed E-state index contributed by atoms with van der Waals surface area (Å²) in [6.07, 6.45) is 1.54. The molecule has 0 amide bonds. The fraction of sp³-hybridized carbons (Fsp3) is 0.381. The quantitative estimate of drug-likeness (QED) is 0.857. The average Bonchev–Trinajstić information content (AvgIpc) is 2.89. The molecule has 0 unspecified atom stereocenters. The number of nitrogens with zero attached hydrogens (tertiary/aromatic N) is 2. The first-order valence-corrected chi connectivity index (χ1v) is 10.4. The SMILES string of the molecule is CC1=C(Cc2ccc(S(=O)(=O)N(C)C)cc2)c2nc(C(C)(C)O)ccc2C1. The van der Waals surface area contributed by atoms with Gasteiger partial charge >= 0.3 is 0 Å². The fourth-order valence-corrected chi connectivity index (χ4v) is 4.16. The van der Waals surface area contributed by atoms with Crippen molar-refractivity contribution in [2.45, 2.75) is 44.1 Å². The minimum absolute atomic E-state index is 0.288. The minimum Gasteiger partial charge on any atom is -0.384 e. The van der Waals surface area contributed by atoms with Gasteiger partial charge in [-0.15, -0.1) is 0 Å².